The number of nitrogens with zero attached hydrogens (tertiary/aromatic N) is 1. The van der Waals surface area contributed by atoms with E-state index in [-0.39, 0.29) is 25.0 Å². The molecule has 2 rings (SSSR count). The summed E-state index contributed by atoms with van der Waals surface area (Å²) in [5.74, 6) is -0.0842. The molecule has 5 nitrogen and oxygen atoms in total. The minimum Gasteiger partial charge on any atom is -0.484 e. The Kier molecular flexibility index (Phi) is 8.42. The summed E-state index contributed by atoms with van der Waals surface area (Å²) in [6.45, 7) is 1.77. The summed E-state index contributed by atoms with van der Waals surface area (Å²) in [5.41, 5.74) is 0.688. The van der Waals surface area contributed by atoms with Crippen LogP contribution in [0.1, 0.15) is 18.9 Å². The fourth-order valence-corrected chi connectivity index (χ4v) is 3.27. The molecule has 0 aliphatic rings. The Morgan fingerprint density at radius 3 is 2.29 bits per heavy atom. The zero-order valence-electron chi connectivity index (χ0n) is 15.5. The lowest BCUT2D eigenvalue weighted by atomic mass is 10.1. The molecule has 1 atom stereocenters. The predicted octanol–water partition coefficient (Wildman–Crippen LogP) is 4.58. The molecule has 0 aliphatic carbocycles. The van der Waals surface area contributed by atoms with Crippen LogP contribution in [0.25, 0.3) is 0 Å². The standard InChI is InChI=1S/C20H21Cl3N2O3/c1-3-18(20(27)24-2)25(11-13-4-5-15(22)10-17(13)23)19(26)12-28-16-8-6-14(21)7-9-16/h4-10,18H,3,11-12H2,1-2H3,(H,24,27). The number of carbonyl (C=O) groups excluding carboxylic acids is 2. The van der Waals surface area contributed by atoms with Crippen molar-refractivity contribution in [2.45, 2.75) is 25.9 Å². The number of hydrogen-bond donors (Lipinski definition) is 1. The van der Waals surface area contributed by atoms with Crippen molar-refractivity contribution in [1.29, 1.82) is 0 Å². The fraction of sp³-hybridized carbons (Fsp3) is 0.300. The van der Waals surface area contributed by atoms with Crippen molar-refractivity contribution in [3.8, 4) is 5.75 Å². The van der Waals surface area contributed by atoms with Gasteiger partial charge in [0.05, 0.1) is 0 Å². The number of benzene rings is 2. The van der Waals surface area contributed by atoms with Crippen molar-refractivity contribution in [2.24, 2.45) is 0 Å². The molecule has 0 bridgehead atoms. The predicted molar refractivity (Wildman–Crippen MR) is 112 cm³/mol. The van der Waals surface area contributed by atoms with Crippen molar-refractivity contribution in [2.75, 3.05) is 13.7 Å². The van der Waals surface area contributed by atoms with E-state index >= 15 is 0 Å². The van der Waals surface area contributed by atoms with Crippen LogP contribution < -0.4 is 10.1 Å². The lowest BCUT2D eigenvalue weighted by Crippen LogP contribution is -2.49. The van der Waals surface area contributed by atoms with Crippen molar-refractivity contribution in [3.05, 3.63) is 63.1 Å². The van der Waals surface area contributed by atoms with Crippen LogP contribution in [0.15, 0.2) is 42.5 Å². The Hall–Kier alpha value is -1.95. The van der Waals surface area contributed by atoms with Crippen LogP contribution in [-0.2, 0) is 16.1 Å². The minimum atomic E-state index is -0.655. The van der Waals surface area contributed by atoms with Crippen molar-refractivity contribution in [1.82, 2.24) is 10.2 Å². The van der Waals surface area contributed by atoms with Gasteiger partial charge in [0.1, 0.15) is 11.8 Å². The second-order valence-electron chi connectivity index (χ2n) is 6.04. The Labute approximate surface area is 179 Å². The van der Waals surface area contributed by atoms with E-state index in [0.29, 0.717) is 32.8 Å². The molecule has 1 N–H and O–H groups in total. The van der Waals surface area contributed by atoms with Gasteiger partial charge in [-0.2, -0.15) is 0 Å². The average molecular weight is 444 g/mol. The van der Waals surface area contributed by atoms with E-state index in [2.05, 4.69) is 5.32 Å². The van der Waals surface area contributed by atoms with Crippen LogP contribution in [0.5, 0.6) is 5.75 Å². The highest BCUT2D eigenvalue weighted by Gasteiger charge is 2.28. The number of likely N-dealkylation sites (N-methyl/N-ethyl adjacent to an activating group) is 1. The number of halogens is 3. The molecule has 28 heavy (non-hydrogen) atoms. The van der Waals surface area contributed by atoms with Gasteiger partial charge in [-0.05, 0) is 48.4 Å². The second-order valence-corrected chi connectivity index (χ2v) is 7.32. The van der Waals surface area contributed by atoms with Gasteiger partial charge < -0.3 is 15.0 Å². The first-order valence-electron chi connectivity index (χ1n) is 8.69. The summed E-state index contributed by atoms with van der Waals surface area (Å²) in [6.07, 6.45) is 0.442. The Morgan fingerprint density at radius 2 is 1.71 bits per heavy atom. The molecular formula is C20H21Cl3N2O3. The summed E-state index contributed by atoms with van der Waals surface area (Å²) < 4.78 is 5.56. The molecule has 0 saturated heterocycles. The largest absolute Gasteiger partial charge is 0.484 e. The van der Waals surface area contributed by atoms with E-state index < -0.39 is 6.04 Å². The van der Waals surface area contributed by atoms with Crippen LogP contribution in [0.4, 0.5) is 0 Å². The molecule has 0 aromatic heterocycles. The molecule has 2 aromatic rings. The maximum absolute atomic E-state index is 12.9. The molecule has 150 valence electrons. The van der Waals surface area contributed by atoms with E-state index in [4.69, 9.17) is 39.5 Å². The first-order chi connectivity index (χ1) is 13.3. The highest BCUT2D eigenvalue weighted by Crippen LogP contribution is 2.24. The lowest BCUT2D eigenvalue weighted by Gasteiger charge is -2.30. The topological polar surface area (TPSA) is 58.6 Å². The molecule has 0 aliphatic heterocycles. The van der Waals surface area contributed by atoms with Gasteiger partial charge in [-0.25, -0.2) is 0 Å². The normalized spacial score (nSPS) is 11.6. The Balaban J connectivity index is 2.21. The van der Waals surface area contributed by atoms with E-state index in [1.807, 2.05) is 6.92 Å². The average Bonchev–Trinajstić information content (AvgIpc) is 2.68. The molecule has 0 saturated carbocycles. The molecule has 2 aromatic carbocycles. The molecule has 0 heterocycles. The van der Waals surface area contributed by atoms with Crippen LogP contribution in [0, 0.1) is 0 Å². The first-order valence-corrected chi connectivity index (χ1v) is 9.82. The van der Waals surface area contributed by atoms with Crippen LogP contribution >= 0.6 is 34.8 Å². The van der Waals surface area contributed by atoms with E-state index in [9.17, 15) is 9.59 Å². The van der Waals surface area contributed by atoms with Gasteiger partial charge in [0.15, 0.2) is 6.61 Å². The van der Waals surface area contributed by atoms with Crippen molar-refractivity contribution >= 4 is 46.6 Å². The number of rotatable bonds is 8. The molecular weight excluding hydrogens is 423 g/mol. The van der Waals surface area contributed by atoms with Gasteiger partial charge in [0, 0.05) is 28.7 Å². The van der Waals surface area contributed by atoms with Gasteiger partial charge in [-0.3, -0.25) is 9.59 Å². The summed E-state index contributed by atoms with van der Waals surface area (Å²) in [5, 5.41) is 4.09. The molecule has 1 unspecified atom stereocenters. The first kappa shape index (κ1) is 22.3. The van der Waals surface area contributed by atoms with Crippen LogP contribution in [0.3, 0.4) is 0 Å². The van der Waals surface area contributed by atoms with Gasteiger partial charge in [-0.1, -0.05) is 47.8 Å². The molecule has 0 fully saturated rings. The number of ether oxygens (including phenoxy) is 1. The zero-order valence-corrected chi connectivity index (χ0v) is 17.8. The molecule has 0 radical (unpaired) electrons. The van der Waals surface area contributed by atoms with E-state index in [1.165, 1.54) is 11.9 Å². The van der Waals surface area contributed by atoms with Gasteiger partial charge in [0.25, 0.3) is 5.91 Å². The highest BCUT2D eigenvalue weighted by molar-refractivity contribution is 6.35. The van der Waals surface area contributed by atoms with Crippen LogP contribution in [0.2, 0.25) is 15.1 Å². The lowest BCUT2D eigenvalue weighted by molar-refractivity contribution is -0.142. The molecule has 0 spiro atoms. The van der Waals surface area contributed by atoms with E-state index in [1.54, 1.807) is 42.5 Å². The maximum atomic E-state index is 12.9. The number of nitrogens with one attached hydrogen (secondary N) is 1. The van der Waals surface area contributed by atoms with Crippen molar-refractivity contribution in [3.63, 3.8) is 0 Å². The number of amides is 2. The quantitative estimate of drug-likeness (QED) is 0.650. The highest BCUT2D eigenvalue weighted by atomic mass is 35.5. The SMILES string of the molecule is CCC(C(=O)NC)N(Cc1ccc(Cl)cc1Cl)C(=O)COc1ccc(Cl)cc1. The van der Waals surface area contributed by atoms with Crippen LogP contribution in [-0.4, -0.2) is 36.4 Å². The second kappa shape index (κ2) is 10.6. The minimum absolute atomic E-state index is 0.157. The number of hydrogen-bond acceptors (Lipinski definition) is 3. The monoisotopic (exact) mass is 442 g/mol. The third-order valence-electron chi connectivity index (χ3n) is 4.16. The van der Waals surface area contributed by atoms with E-state index in [0.717, 1.165) is 0 Å². The van der Waals surface area contributed by atoms with Crippen molar-refractivity contribution < 1.29 is 14.3 Å². The third-order valence-corrected chi connectivity index (χ3v) is 5.00. The summed E-state index contributed by atoms with van der Waals surface area (Å²) in [6, 6.07) is 11.1. The third kappa shape index (κ3) is 6.03. The summed E-state index contributed by atoms with van der Waals surface area (Å²) in [4.78, 5) is 26.7. The Bertz CT molecular complexity index is 828. The molecule has 8 heteroatoms. The fourth-order valence-electron chi connectivity index (χ4n) is 2.68. The van der Waals surface area contributed by atoms with Gasteiger partial charge in [-0.15, -0.1) is 0 Å². The number of carbonyl (C=O) groups is 2. The summed E-state index contributed by atoms with van der Waals surface area (Å²) >= 11 is 18.1. The maximum Gasteiger partial charge on any atom is 0.261 e. The van der Waals surface area contributed by atoms with Gasteiger partial charge >= 0.3 is 0 Å². The molecule has 2 amide bonds. The Morgan fingerprint density at radius 1 is 1.07 bits per heavy atom. The summed E-state index contributed by atoms with van der Waals surface area (Å²) in [7, 11) is 1.53. The smallest absolute Gasteiger partial charge is 0.261 e. The van der Waals surface area contributed by atoms with Gasteiger partial charge in [0.2, 0.25) is 5.91 Å². The zero-order chi connectivity index (χ0) is 20.7.